The molecule has 2 N–H and O–H groups in total. The Bertz CT molecular complexity index is 1060. The second kappa shape index (κ2) is 7.08. The first-order chi connectivity index (χ1) is 13.1. The van der Waals surface area contributed by atoms with Crippen molar-refractivity contribution in [3.05, 3.63) is 58.6 Å². The van der Waals surface area contributed by atoms with Crippen LogP contribution in [0.15, 0.2) is 47.3 Å². The molecule has 0 saturated heterocycles. The number of nitrogens with zero attached hydrogens (tertiary/aromatic N) is 2. The van der Waals surface area contributed by atoms with Gasteiger partial charge >= 0.3 is 0 Å². The summed E-state index contributed by atoms with van der Waals surface area (Å²) in [4.78, 5) is 33.4. The Labute approximate surface area is 154 Å². The molecular weight excluding hydrogens is 348 g/mol. The standard InChI is InChI=1S/C19H18N4O4/c1-23(9-17-21-14-5-3-2-4-13(14)19(25)22-17)10-18(24)20-12-6-7-15-16(8-12)27-11-26-15/h2-8H,9-11H2,1H3,(H,20,24)(H,21,22,25). The third kappa shape index (κ3) is 3.75. The lowest BCUT2D eigenvalue weighted by Crippen LogP contribution is -2.31. The number of ether oxygens (including phenoxy) is 2. The Morgan fingerprint density at radius 3 is 2.93 bits per heavy atom. The van der Waals surface area contributed by atoms with E-state index in [2.05, 4.69) is 15.3 Å². The lowest BCUT2D eigenvalue weighted by atomic mass is 10.2. The number of carbonyl (C=O) groups excluding carboxylic acids is 1. The van der Waals surface area contributed by atoms with Crippen LogP contribution < -0.4 is 20.3 Å². The molecule has 0 fully saturated rings. The van der Waals surface area contributed by atoms with Gasteiger partial charge < -0.3 is 19.8 Å². The zero-order valence-corrected chi connectivity index (χ0v) is 14.7. The van der Waals surface area contributed by atoms with Crippen molar-refractivity contribution in [3.63, 3.8) is 0 Å². The highest BCUT2D eigenvalue weighted by molar-refractivity contribution is 5.92. The van der Waals surface area contributed by atoms with Crippen molar-refractivity contribution in [2.45, 2.75) is 6.54 Å². The number of nitrogens with one attached hydrogen (secondary N) is 2. The third-order valence-corrected chi connectivity index (χ3v) is 4.15. The molecule has 1 amide bonds. The number of likely N-dealkylation sites (N-methyl/N-ethyl adjacent to an activating group) is 1. The summed E-state index contributed by atoms with van der Waals surface area (Å²) in [7, 11) is 1.79. The minimum Gasteiger partial charge on any atom is -0.454 e. The van der Waals surface area contributed by atoms with Gasteiger partial charge in [-0.15, -0.1) is 0 Å². The topological polar surface area (TPSA) is 96.6 Å². The van der Waals surface area contributed by atoms with Crippen LogP contribution in [0.1, 0.15) is 5.82 Å². The number of H-pyrrole nitrogens is 1. The molecule has 0 atom stereocenters. The van der Waals surface area contributed by atoms with Gasteiger partial charge in [-0.25, -0.2) is 4.98 Å². The van der Waals surface area contributed by atoms with Crippen LogP contribution in [0.25, 0.3) is 10.9 Å². The van der Waals surface area contributed by atoms with Crippen LogP contribution >= 0.6 is 0 Å². The fraction of sp³-hybridized carbons (Fsp3) is 0.211. The number of fused-ring (bicyclic) bond motifs is 2. The van der Waals surface area contributed by atoms with E-state index >= 15 is 0 Å². The van der Waals surface area contributed by atoms with E-state index < -0.39 is 0 Å². The van der Waals surface area contributed by atoms with Crippen LogP contribution in [0.5, 0.6) is 11.5 Å². The van der Waals surface area contributed by atoms with Crippen molar-refractivity contribution >= 4 is 22.5 Å². The van der Waals surface area contributed by atoms with Gasteiger partial charge in [-0.3, -0.25) is 14.5 Å². The van der Waals surface area contributed by atoms with Crippen LogP contribution in [-0.4, -0.2) is 41.2 Å². The molecule has 1 aliphatic rings. The van der Waals surface area contributed by atoms with Crippen LogP contribution in [0.2, 0.25) is 0 Å². The van der Waals surface area contributed by atoms with Gasteiger partial charge in [0.2, 0.25) is 12.7 Å². The molecule has 138 valence electrons. The van der Waals surface area contributed by atoms with Gasteiger partial charge in [0.25, 0.3) is 5.56 Å². The smallest absolute Gasteiger partial charge is 0.258 e. The maximum absolute atomic E-state index is 12.3. The number of rotatable bonds is 5. The predicted molar refractivity (Wildman–Crippen MR) is 99.9 cm³/mol. The summed E-state index contributed by atoms with van der Waals surface area (Å²) in [6.45, 7) is 0.673. The second-order valence-electron chi connectivity index (χ2n) is 6.32. The Morgan fingerprint density at radius 1 is 1.22 bits per heavy atom. The highest BCUT2D eigenvalue weighted by atomic mass is 16.7. The molecule has 2 heterocycles. The first-order valence-corrected chi connectivity index (χ1v) is 8.44. The number of benzene rings is 2. The number of carbonyl (C=O) groups is 1. The summed E-state index contributed by atoms with van der Waals surface area (Å²) < 4.78 is 10.6. The molecule has 8 nitrogen and oxygen atoms in total. The summed E-state index contributed by atoms with van der Waals surface area (Å²) in [6, 6.07) is 12.4. The minimum absolute atomic E-state index is 0.144. The monoisotopic (exact) mass is 366 g/mol. The highest BCUT2D eigenvalue weighted by Gasteiger charge is 2.15. The average Bonchev–Trinajstić information content (AvgIpc) is 3.09. The molecule has 0 aliphatic carbocycles. The van der Waals surface area contributed by atoms with Gasteiger partial charge in [0.05, 0.1) is 24.0 Å². The van der Waals surface area contributed by atoms with Crippen LogP contribution in [0.3, 0.4) is 0 Å². The van der Waals surface area contributed by atoms with Crippen molar-refractivity contribution in [3.8, 4) is 11.5 Å². The summed E-state index contributed by atoms with van der Waals surface area (Å²) in [6.07, 6.45) is 0. The van der Waals surface area contributed by atoms with Crippen molar-refractivity contribution in [1.82, 2.24) is 14.9 Å². The quantitative estimate of drug-likeness (QED) is 0.714. The number of hydrogen-bond donors (Lipinski definition) is 2. The Morgan fingerprint density at radius 2 is 2.04 bits per heavy atom. The molecule has 1 aromatic heterocycles. The van der Waals surface area contributed by atoms with E-state index in [4.69, 9.17) is 9.47 Å². The fourth-order valence-electron chi connectivity index (χ4n) is 2.94. The molecule has 0 radical (unpaired) electrons. The van der Waals surface area contributed by atoms with E-state index in [0.29, 0.717) is 40.5 Å². The summed E-state index contributed by atoms with van der Waals surface area (Å²) >= 11 is 0. The van der Waals surface area contributed by atoms with Crippen LogP contribution in [0, 0.1) is 0 Å². The lowest BCUT2D eigenvalue weighted by Gasteiger charge is -2.16. The van der Waals surface area contributed by atoms with E-state index in [1.807, 2.05) is 6.07 Å². The van der Waals surface area contributed by atoms with Gasteiger partial charge in [-0.2, -0.15) is 0 Å². The first kappa shape index (κ1) is 17.0. The van der Waals surface area contributed by atoms with Gasteiger partial charge in [-0.05, 0) is 31.3 Å². The maximum Gasteiger partial charge on any atom is 0.258 e. The fourth-order valence-corrected chi connectivity index (χ4v) is 2.94. The minimum atomic E-state index is -0.186. The second-order valence-corrected chi connectivity index (χ2v) is 6.32. The number of aromatic nitrogens is 2. The molecule has 3 aromatic rings. The third-order valence-electron chi connectivity index (χ3n) is 4.15. The number of hydrogen-bond acceptors (Lipinski definition) is 6. The van der Waals surface area contributed by atoms with Crippen molar-refractivity contribution < 1.29 is 14.3 Å². The zero-order valence-electron chi connectivity index (χ0n) is 14.7. The molecule has 0 unspecified atom stereocenters. The van der Waals surface area contributed by atoms with E-state index in [-0.39, 0.29) is 24.8 Å². The van der Waals surface area contributed by atoms with E-state index in [9.17, 15) is 9.59 Å². The van der Waals surface area contributed by atoms with Crippen LogP contribution in [-0.2, 0) is 11.3 Å². The Kier molecular flexibility index (Phi) is 4.47. The van der Waals surface area contributed by atoms with Crippen LogP contribution in [0.4, 0.5) is 5.69 Å². The van der Waals surface area contributed by atoms with Gasteiger partial charge in [0, 0.05) is 11.8 Å². The summed E-state index contributed by atoms with van der Waals surface area (Å²) in [5.41, 5.74) is 1.08. The molecule has 0 bridgehead atoms. The van der Waals surface area contributed by atoms with Crippen molar-refractivity contribution in [2.75, 3.05) is 25.7 Å². The molecule has 0 spiro atoms. The molecule has 0 saturated carbocycles. The van der Waals surface area contributed by atoms with E-state index in [1.54, 1.807) is 48.3 Å². The summed E-state index contributed by atoms with van der Waals surface area (Å²) in [5.74, 6) is 1.60. The van der Waals surface area contributed by atoms with E-state index in [1.165, 1.54) is 0 Å². The molecule has 27 heavy (non-hydrogen) atoms. The van der Waals surface area contributed by atoms with Crippen molar-refractivity contribution in [1.29, 1.82) is 0 Å². The Balaban J connectivity index is 1.39. The number of aromatic amines is 1. The van der Waals surface area contributed by atoms with Crippen molar-refractivity contribution in [2.24, 2.45) is 0 Å². The van der Waals surface area contributed by atoms with E-state index in [0.717, 1.165) is 0 Å². The zero-order chi connectivity index (χ0) is 18.8. The maximum atomic E-state index is 12.3. The molecule has 4 rings (SSSR count). The number of para-hydroxylation sites is 1. The SMILES string of the molecule is CN(CC(=O)Nc1ccc2c(c1)OCO2)Cc1nc2ccccc2c(=O)[nH]1. The molecule has 8 heteroatoms. The number of amides is 1. The van der Waals surface area contributed by atoms with Gasteiger partial charge in [0.15, 0.2) is 11.5 Å². The average molecular weight is 366 g/mol. The summed E-state index contributed by atoms with van der Waals surface area (Å²) in [5, 5.41) is 3.37. The lowest BCUT2D eigenvalue weighted by molar-refractivity contribution is -0.117. The number of anilines is 1. The van der Waals surface area contributed by atoms with Gasteiger partial charge in [0.1, 0.15) is 5.82 Å². The predicted octanol–water partition coefficient (Wildman–Crippen LogP) is 1.72. The largest absolute Gasteiger partial charge is 0.454 e. The Hall–Kier alpha value is -3.39. The molecular formula is C19H18N4O4. The van der Waals surface area contributed by atoms with Gasteiger partial charge in [-0.1, -0.05) is 12.1 Å². The molecule has 1 aliphatic heterocycles. The normalized spacial score (nSPS) is 12.5. The first-order valence-electron chi connectivity index (χ1n) is 8.44. The molecule has 2 aromatic carbocycles. The highest BCUT2D eigenvalue weighted by Crippen LogP contribution is 2.34.